The van der Waals surface area contributed by atoms with E-state index in [0.29, 0.717) is 5.16 Å². The number of halogens is 1. The topological polar surface area (TPSA) is 228 Å². The molecule has 0 saturated carbocycles. The third-order valence-electron chi connectivity index (χ3n) is 5.43. The summed E-state index contributed by atoms with van der Waals surface area (Å²) in [4.78, 5) is 58.9. The van der Waals surface area contributed by atoms with Gasteiger partial charge in [0.1, 0.15) is 29.1 Å². The highest BCUT2D eigenvalue weighted by atomic mass is 35.5. The Morgan fingerprint density at radius 2 is 2.18 bits per heavy atom. The van der Waals surface area contributed by atoms with E-state index in [1.54, 1.807) is 0 Å². The number of hydrogen-bond acceptors (Lipinski definition) is 14. The molecule has 2 amide bonds. The summed E-state index contributed by atoms with van der Waals surface area (Å²) < 4.78 is 1.37. The minimum absolute atomic E-state index is 0. The van der Waals surface area contributed by atoms with Crippen LogP contribution in [0, 0.1) is 17.8 Å². The molecule has 39 heavy (non-hydrogen) atoms. The van der Waals surface area contributed by atoms with Crippen molar-refractivity contribution in [3.8, 4) is 12.3 Å². The molecule has 2 saturated heterocycles. The zero-order chi connectivity index (χ0) is 27.4. The maximum absolute atomic E-state index is 12.9. The first-order valence-corrected chi connectivity index (χ1v) is 13.5. The Morgan fingerprint density at radius 1 is 1.41 bits per heavy atom. The molecule has 2 aliphatic heterocycles. The van der Waals surface area contributed by atoms with Gasteiger partial charge in [0.25, 0.3) is 5.91 Å². The van der Waals surface area contributed by atoms with Crippen LogP contribution in [0.25, 0.3) is 0 Å². The molecule has 4 heterocycles. The summed E-state index contributed by atoms with van der Waals surface area (Å²) in [5.74, 6) is -1.05. The van der Waals surface area contributed by atoms with Crippen LogP contribution in [0.1, 0.15) is 5.69 Å². The van der Waals surface area contributed by atoms with Gasteiger partial charge in [-0.15, -0.1) is 47.0 Å². The molecular weight excluding hydrogens is 598 g/mol. The fourth-order valence-corrected chi connectivity index (χ4v) is 6.84. The molecule has 4 rings (SSSR count). The average Bonchev–Trinajstić information content (AvgIpc) is 3.52. The molecular formula is C19H20ClN9O7S3. The monoisotopic (exact) mass is 617 g/mol. The van der Waals surface area contributed by atoms with Gasteiger partial charge in [-0.3, -0.25) is 14.4 Å². The number of carbonyl (C=O) groups is 4. The van der Waals surface area contributed by atoms with E-state index in [4.69, 9.17) is 22.1 Å². The minimum atomic E-state index is -1.30. The summed E-state index contributed by atoms with van der Waals surface area (Å²) in [6, 6.07) is -0.962. The molecule has 0 spiro atoms. The molecule has 20 heteroatoms. The molecule has 208 valence electrons. The lowest BCUT2D eigenvalue weighted by atomic mass is 9.89. The number of nitrogens with one attached hydrogen (secondary N) is 1. The molecule has 2 aromatic rings. The Morgan fingerprint density at radius 3 is 2.82 bits per heavy atom. The van der Waals surface area contributed by atoms with Crippen LogP contribution in [0.2, 0.25) is 0 Å². The standard InChI is InChI=1S/C19H19N9O7S3.ClH/c1-2-3-28-18(23-25-26-28)38-8-19(16(33)34)6-27-14(32)12(15(27)37-7-19)22-13(31)11(24-35-4-10(29)30)9-5-36-17(20)21-9;/h1,5,12,15H,3-4,6-8H2,(H2,20,21)(H,22,31)(H,29,30)(H,33,34);1H/t12?,15-,19?;/m1./s1. The molecule has 2 aliphatic rings. The van der Waals surface area contributed by atoms with Gasteiger partial charge < -0.3 is 31.0 Å². The Labute approximate surface area is 238 Å². The largest absolute Gasteiger partial charge is 0.481 e. The van der Waals surface area contributed by atoms with E-state index in [9.17, 15) is 24.3 Å². The van der Waals surface area contributed by atoms with Crippen LogP contribution < -0.4 is 11.1 Å². The number of β-lactam (4-membered cyclic amide) rings is 1. The third-order valence-corrected chi connectivity index (χ3v) is 8.94. The number of anilines is 1. The highest BCUT2D eigenvalue weighted by molar-refractivity contribution is 8.00. The van der Waals surface area contributed by atoms with Gasteiger partial charge in [0, 0.05) is 23.4 Å². The van der Waals surface area contributed by atoms with Gasteiger partial charge in [0.2, 0.25) is 17.7 Å². The van der Waals surface area contributed by atoms with Crippen molar-refractivity contribution in [2.24, 2.45) is 10.6 Å². The van der Waals surface area contributed by atoms with E-state index < -0.39 is 47.2 Å². The number of rotatable bonds is 11. The summed E-state index contributed by atoms with van der Waals surface area (Å²) in [5, 5.41) is 37.5. The molecule has 2 fully saturated rings. The van der Waals surface area contributed by atoms with Gasteiger partial charge >= 0.3 is 11.9 Å². The van der Waals surface area contributed by atoms with Crippen LogP contribution in [0.4, 0.5) is 5.13 Å². The second kappa shape index (κ2) is 12.5. The number of oxime groups is 1. The number of nitrogens with two attached hydrogens (primary N) is 1. The summed E-state index contributed by atoms with van der Waals surface area (Å²) in [6.07, 6.45) is 5.30. The number of fused-ring (bicyclic) bond motifs is 1. The zero-order valence-electron chi connectivity index (χ0n) is 19.6. The first-order valence-electron chi connectivity index (χ1n) is 10.6. The van der Waals surface area contributed by atoms with Gasteiger partial charge in [-0.05, 0) is 10.4 Å². The lowest BCUT2D eigenvalue weighted by molar-refractivity contribution is -0.157. The molecule has 0 aliphatic carbocycles. The second-order valence-corrected chi connectivity index (χ2v) is 10.9. The Bertz CT molecular complexity index is 1350. The van der Waals surface area contributed by atoms with Crippen LogP contribution >= 0.6 is 47.3 Å². The number of carboxylic acid groups (broad SMARTS) is 2. The summed E-state index contributed by atoms with van der Waals surface area (Å²) in [6.45, 7) is -0.756. The molecule has 0 aromatic carbocycles. The Balaban J connectivity index is 0.00000420. The van der Waals surface area contributed by atoms with Crippen molar-refractivity contribution in [2.45, 2.75) is 23.1 Å². The maximum Gasteiger partial charge on any atom is 0.344 e. The van der Waals surface area contributed by atoms with E-state index in [1.165, 1.54) is 26.7 Å². The van der Waals surface area contributed by atoms with Gasteiger partial charge in [0.15, 0.2) is 10.8 Å². The average molecular weight is 618 g/mol. The second-order valence-electron chi connectivity index (χ2n) is 7.99. The van der Waals surface area contributed by atoms with Crippen molar-refractivity contribution in [2.75, 3.05) is 30.4 Å². The number of carboxylic acids is 2. The van der Waals surface area contributed by atoms with Crippen molar-refractivity contribution in [3.63, 3.8) is 0 Å². The predicted molar refractivity (Wildman–Crippen MR) is 141 cm³/mol. The summed E-state index contributed by atoms with van der Waals surface area (Å²) in [5.41, 5.74) is 4.02. The van der Waals surface area contributed by atoms with E-state index in [-0.39, 0.29) is 53.5 Å². The van der Waals surface area contributed by atoms with E-state index in [2.05, 4.69) is 36.9 Å². The van der Waals surface area contributed by atoms with Crippen molar-refractivity contribution < 1.29 is 34.2 Å². The highest BCUT2D eigenvalue weighted by Gasteiger charge is 2.57. The Hall–Kier alpha value is -3.60. The van der Waals surface area contributed by atoms with E-state index >= 15 is 0 Å². The van der Waals surface area contributed by atoms with Crippen molar-refractivity contribution in [1.29, 1.82) is 0 Å². The fraction of sp³-hybridized carbons (Fsp3) is 0.421. The van der Waals surface area contributed by atoms with Gasteiger partial charge in [-0.25, -0.2) is 14.5 Å². The lowest BCUT2D eigenvalue weighted by Crippen LogP contribution is -2.74. The van der Waals surface area contributed by atoms with Crippen LogP contribution in [-0.2, 0) is 30.6 Å². The van der Waals surface area contributed by atoms with Crippen molar-refractivity contribution in [3.05, 3.63) is 11.1 Å². The van der Waals surface area contributed by atoms with Crippen LogP contribution in [0.15, 0.2) is 15.7 Å². The van der Waals surface area contributed by atoms with Crippen molar-refractivity contribution >= 4 is 81.9 Å². The van der Waals surface area contributed by atoms with Gasteiger partial charge in [-0.1, -0.05) is 22.8 Å². The number of tetrazole rings is 1. The zero-order valence-corrected chi connectivity index (χ0v) is 22.9. The number of aromatic nitrogens is 5. The highest BCUT2D eigenvalue weighted by Crippen LogP contribution is 2.44. The summed E-state index contributed by atoms with van der Waals surface area (Å²) >= 11 is 3.36. The van der Waals surface area contributed by atoms with Crippen LogP contribution in [-0.4, -0.2) is 106 Å². The van der Waals surface area contributed by atoms with Gasteiger partial charge in [0.05, 0.1) is 0 Å². The molecule has 0 radical (unpaired) electrons. The number of terminal acetylenes is 1. The smallest absolute Gasteiger partial charge is 0.344 e. The normalized spacial score (nSPS) is 22.1. The van der Waals surface area contributed by atoms with E-state index in [1.807, 2.05) is 0 Å². The first kappa shape index (κ1) is 29.9. The number of carbonyl (C=O) groups excluding carboxylic acids is 2. The summed E-state index contributed by atoms with van der Waals surface area (Å²) in [7, 11) is 0. The number of thioether (sulfide) groups is 2. The van der Waals surface area contributed by atoms with Crippen molar-refractivity contribution in [1.82, 2.24) is 35.4 Å². The van der Waals surface area contributed by atoms with Gasteiger partial charge in [-0.2, -0.15) is 0 Å². The molecule has 16 nitrogen and oxygen atoms in total. The minimum Gasteiger partial charge on any atom is -0.481 e. The molecule has 5 N–H and O–H groups in total. The third kappa shape index (κ3) is 6.35. The molecule has 2 unspecified atom stereocenters. The maximum atomic E-state index is 12.9. The quantitative estimate of drug-likeness (QED) is 0.0766. The number of thiazole rings is 1. The molecule has 0 bridgehead atoms. The van der Waals surface area contributed by atoms with Crippen LogP contribution in [0.5, 0.6) is 0 Å². The number of aliphatic carboxylic acids is 2. The first-order chi connectivity index (χ1) is 18.1. The molecule has 2 aromatic heterocycles. The molecule has 3 atom stereocenters. The Kier molecular flexibility index (Phi) is 9.60. The fourth-order valence-electron chi connectivity index (χ4n) is 3.56. The number of nitrogen functional groups attached to an aromatic ring is 1. The predicted octanol–water partition coefficient (Wildman–Crippen LogP) is -1.16. The van der Waals surface area contributed by atoms with E-state index in [0.717, 1.165) is 23.1 Å². The van der Waals surface area contributed by atoms with Crippen LogP contribution in [0.3, 0.4) is 0 Å². The number of nitrogens with zero attached hydrogens (tertiary/aromatic N) is 7. The number of amides is 2. The lowest BCUT2D eigenvalue weighted by Gasteiger charge is -2.53. The SMILES string of the molecule is C#CCn1nnnc1SCC1(C(=O)O)CS[C@@H]2C(NC(=O)C(=NOCC(=O)O)c3csc(N)n3)C(=O)N2C1.Cl. The number of hydrogen-bond donors (Lipinski definition) is 4.